The maximum absolute atomic E-state index is 12.8. The molecule has 21 heavy (non-hydrogen) atoms. The van der Waals surface area contributed by atoms with E-state index in [1.165, 1.54) is 11.0 Å². The zero-order chi connectivity index (χ0) is 15.6. The third-order valence-corrected chi connectivity index (χ3v) is 3.38. The summed E-state index contributed by atoms with van der Waals surface area (Å²) >= 11 is 0. The molecule has 1 aromatic heterocycles. The average molecular weight is 304 g/mol. The Kier molecular flexibility index (Phi) is 4.61. The van der Waals surface area contributed by atoms with Gasteiger partial charge in [0, 0.05) is 18.5 Å². The fourth-order valence-electron chi connectivity index (χ4n) is 2.22. The molecule has 0 aliphatic heterocycles. The van der Waals surface area contributed by atoms with Gasteiger partial charge in [-0.1, -0.05) is 6.92 Å². The third kappa shape index (κ3) is 4.77. The second-order valence-corrected chi connectivity index (χ2v) is 5.40. The maximum atomic E-state index is 12.8. The zero-order valence-corrected chi connectivity index (χ0v) is 11.5. The van der Waals surface area contributed by atoms with Crippen molar-refractivity contribution in [1.82, 2.24) is 9.88 Å². The van der Waals surface area contributed by atoms with E-state index < -0.39 is 24.5 Å². The molecule has 3 nitrogen and oxygen atoms in total. The molecule has 0 spiro atoms. The summed E-state index contributed by atoms with van der Waals surface area (Å²) in [7, 11) is 0. The molecule has 1 saturated carbocycles. The largest absolute Gasteiger partial charge is 0.401 e. The summed E-state index contributed by atoms with van der Waals surface area (Å²) in [4.78, 5) is 17.1. The highest BCUT2D eigenvalue weighted by Gasteiger charge is 2.39. The van der Waals surface area contributed by atoms with Crippen molar-refractivity contribution in [3.8, 4) is 0 Å². The molecule has 1 unspecified atom stereocenters. The zero-order valence-electron chi connectivity index (χ0n) is 11.5. The quantitative estimate of drug-likeness (QED) is 0.598. The van der Waals surface area contributed by atoms with Crippen LogP contribution in [0.2, 0.25) is 0 Å². The Morgan fingerprint density at radius 3 is 2.57 bits per heavy atom. The second-order valence-electron chi connectivity index (χ2n) is 5.40. The molecular weight excluding hydrogens is 288 g/mol. The molecule has 0 saturated heterocycles. The first-order valence-corrected chi connectivity index (χ1v) is 6.73. The second kappa shape index (κ2) is 6.09. The average Bonchev–Trinajstić information content (AvgIpc) is 3.20. The number of nitrogens with zero attached hydrogens (tertiary/aromatic N) is 2. The number of hydrogen-bond acceptors (Lipinski definition) is 3. The molecule has 0 bridgehead atoms. The molecule has 0 amide bonds. The Morgan fingerprint density at radius 2 is 2.10 bits per heavy atom. The van der Waals surface area contributed by atoms with E-state index in [0.717, 1.165) is 25.1 Å². The minimum Gasteiger partial charge on any atom is -0.292 e. The van der Waals surface area contributed by atoms with Crippen molar-refractivity contribution in [2.75, 3.05) is 13.1 Å². The first kappa shape index (κ1) is 15.9. The van der Waals surface area contributed by atoms with Crippen LogP contribution in [-0.4, -0.2) is 41.0 Å². The van der Waals surface area contributed by atoms with Gasteiger partial charge in [0.05, 0.1) is 12.7 Å². The molecule has 1 aliphatic rings. The van der Waals surface area contributed by atoms with Gasteiger partial charge < -0.3 is 0 Å². The van der Waals surface area contributed by atoms with Gasteiger partial charge in [0.2, 0.25) is 0 Å². The number of pyridine rings is 1. The van der Waals surface area contributed by atoms with Crippen LogP contribution >= 0.6 is 0 Å². The minimum absolute atomic E-state index is 0.0298. The van der Waals surface area contributed by atoms with Gasteiger partial charge in [0.1, 0.15) is 11.5 Å². The van der Waals surface area contributed by atoms with Crippen molar-refractivity contribution in [3.05, 3.63) is 29.8 Å². The predicted octanol–water partition coefficient (Wildman–Crippen LogP) is 3.07. The number of aromatic nitrogens is 1. The van der Waals surface area contributed by atoms with Crippen LogP contribution in [-0.2, 0) is 0 Å². The number of carbonyl (C=O) groups excluding carboxylic acids is 1. The normalized spacial score (nSPS) is 17.0. The van der Waals surface area contributed by atoms with Crippen molar-refractivity contribution in [1.29, 1.82) is 0 Å². The van der Waals surface area contributed by atoms with Crippen molar-refractivity contribution in [2.24, 2.45) is 5.92 Å². The summed E-state index contributed by atoms with van der Waals surface area (Å²) in [5.41, 5.74) is 0.0756. The fourth-order valence-corrected chi connectivity index (χ4v) is 2.22. The topological polar surface area (TPSA) is 33.2 Å². The standard InChI is InChI=1S/C14H16F4N2O/c1-9(13(21)12-5-2-10(15)6-19-12)7-20(11-3-4-11)8-14(16,17)18/h2,5-6,9,11H,3-4,7-8H2,1H3. The lowest BCUT2D eigenvalue weighted by molar-refractivity contribution is -0.147. The summed E-state index contributed by atoms with van der Waals surface area (Å²) in [6.07, 6.45) is -1.90. The number of alkyl halides is 3. The summed E-state index contributed by atoms with van der Waals surface area (Å²) in [6, 6.07) is 2.27. The molecule has 7 heteroatoms. The van der Waals surface area contributed by atoms with E-state index in [-0.39, 0.29) is 24.1 Å². The number of hydrogen-bond donors (Lipinski definition) is 0. The van der Waals surface area contributed by atoms with Crippen LogP contribution in [0.5, 0.6) is 0 Å². The predicted molar refractivity (Wildman–Crippen MR) is 68.3 cm³/mol. The SMILES string of the molecule is CC(CN(CC(F)(F)F)C1CC1)C(=O)c1ccc(F)cn1. The van der Waals surface area contributed by atoms with Gasteiger partial charge in [0.25, 0.3) is 0 Å². The van der Waals surface area contributed by atoms with Gasteiger partial charge >= 0.3 is 6.18 Å². The van der Waals surface area contributed by atoms with Crippen LogP contribution in [0, 0.1) is 11.7 Å². The Bertz CT molecular complexity index is 497. The lowest BCUT2D eigenvalue weighted by atomic mass is 10.0. The van der Waals surface area contributed by atoms with Gasteiger partial charge in [-0.25, -0.2) is 4.39 Å². The van der Waals surface area contributed by atoms with Crippen LogP contribution in [0.25, 0.3) is 0 Å². The first-order valence-electron chi connectivity index (χ1n) is 6.73. The molecule has 2 rings (SSSR count). The lowest BCUT2D eigenvalue weighted by Gasteiger charge is -2.25. The molecule has 1 heterocycles. The van der Waals surface area contributed by atoms with Gasteiger partial charge in [-0.05, 0) is 25.0 Å². The van der Waals surface area contributed by atoms with Gasteiger partial charge in [-0.2, -0.15) is 13.2 Å². The van der Waals surface area contributed by atoms with Crippen molar-refractivity contribution in [3.63, 3.8) is 0 Å². The van der Waals surface area contributed by atoms with E-state index >= 15 is 0 Å². The highest BCUT2D eigenvalue weighted by molar-refractivity contribution is 5.95. The maximum Gasteiger partial charge on any atom is 0.401 e. The van der Waals surface area contributed by atoms with E-state index in [0.29, 0.717) is 0 Å². The van der Waals surface area contributed by atoms with Gasteiger partial charge in [-0.15, -0.1) is 0 Å². The summed E-state index contributed by atoms with van der Waals surface area (Å²) in [6.45, 7) is 0.591. The summed E-state index contributed by atoms with van der Waals surface area (Å²) in [5.74, 6) is -1.55. The number of Topliss-reactive ketones (excluding diaryl/α,β-unsaturated/α-hetero) is 1. The number of carbonyl (C=O) groups is 1. The highest BCUT2D eigenvalue weighted by atomic mass is 19.4. The Balaban J connectivity index is 1.99. The van der Waals surface area contributed by atoms with Crippen molar-refractivity contribution < 1.29 is 22.4 Å². The molecule has 1 fully saturated rings. The third-order valence-electron chi connectivity index (χ3n) is 3.38. The van der Waals surface area contributed by atoms with Crippen LogP contribution in [0.1, 0.15) is 30.3 Å². The fraction of sp³-hybridized carbons (Fsp3) is 0.571. The van der Waals surface area contributed by atoms with Gasteiger partial charge in [0.15, 0.2) is 5.78 Å². The molecule has 116 valence electrons. The van der Waals surface area contributed by atoms with Crippen LogP contribution in [0.15, 0.2) is 18.3 Å². The Labute approximate surface area is 120 Å². The van der Waals surface area contributed by atoms with E-state index in [2.05, 4.69) is 4.98 Å². The van der Waals surface area contributed by atoms with Gasteiger partial charge in [-0.3, -0.25) is 14.7 Å². The van der Waals surface area contributed by atoms with E-state index in [1.807, 2.05) is 0 Å². The lowest BCUT2D eigenvalue weighted by Crippen LogP contribution is -2.40. The van der Waals surface area contributed by atoms with Crippen molar-refractivity contribution in [2.45, 2.75) is 32.0 Å². The Hall–Kier alpha value is -1.50. The highest BCUT2D eigenvalue weighted by Crippen LogP contribution is 2.31. The number of ketones is 1. The van der Waals surface area contributed by atoms with Crippen LogP contribution < -0.4 is 0 Å². The van der Waals surface area contributed by atoms with Crippen LogP contribution in [0.4, 0.5) is 17.6 Å². The number of halogens is 4. The molecule has 0 aromatic carbocycles. The van der Waals surface area contributed by atoms with E-state index in [9.17, 15) is 22.4 Å². The van der Waals surface area contributed by atoms with E-state index in [1.54, 1.807) is 6.92 Å². The van der Waals surface area contributed by atoms with Crippen molar-refractivity contribution >= 4 is 5.78 Å². The molecule has 1 aliphatic carbocycles. The molecule has 1 atom stereocenters. The number of rotatable bonds is 6. The smallest absolute Gasteiger partial charge is 0.292 e. The summed E-state index contributed by atoms with van der Waals surface area (Å²) < 4.78 is 50.4. The van der Waals surface area contributed by atoms with E-state index in [4.69, 9.17) is 0 Å². The molecule has 0 N–H and O–H groups in total. The summed E-state index contributed by atoms with van der Waals surface area (Å²) in [5, 5.41) is 0. The van der Waals surface area contributed by atoms with Crippen LogP contribution in [0.3, 0.4) is 0 Å². The molecular formula is C14H16F4N2O. The molecule has 0 radical (unpaired) electrons. The minimum atomic E-state index is -4.28. The monoisotopic (exact) mass is 304 g/mol. The molecule has 1 aromatic rings. The first-order chi connectivity index (χ1) is 9.76. The Morgan fingerprint density at radius 1 is 1.43 bits per heavy atom.